The van der Waals surface area contributed by atoms with Crippen LogP contribution < -0.4 is 4.74 Å². The number of aliphatic hydroxyl groups is 2. The maximum Gasteiger partial charge on any atom is 0.338 e. The van der Waals surface area contributed by atoms with Gasteiger partial charge in [0.05, 0.1) is 17.8 Å². The maximum absolute atomic E-state index is 13.1. The SMILES string of the molecule is CCC(C)c1ccc(C(=O)OCCOc2c(C(C)O)c3c4c(c2C(C)O)CCCC4CCC3)c2ccccc12. The minimum absolute atomic E-state index is 0.0772. The van der Waals surface area contributed by atoms with E-state index < -0.39 is 12.2 Å². The molecule has 2 N–H and O–H groups in total. The largest absolute Gasteiger partial charge is 0.489 e. The first kappa shape index (κ1) is 27.7. The Kier molecular flexibility index (Phi) is 8.29. The summed E-state index contributed by atoms with van der Waals surface area (Å²) in [7, 11) is 0. The van der Waals surface area contributed by atoms with Crippen LogP contribution in [0, 0.1) is 0 Å². The van der Waals surface area contributed by atoms with Crippen molar-refractivity contribution in [1.29, 1.82) is 0 Å². The molecule has 208 valence electrons. The molecule has 3 aromatic carbocycles. The lowest BCUT2D eigenvalue weighted by atomic mass is 9.69. The molecule has 2 aliphatic rings. The second kappa shape index (κ2) is 11.7. The first-order valence-corrected chi connectivity index (χ1v) is 14.7. The third-order valence-electron chi connectivity index (χ3n) is 8.88. The van der Waals surface area contributed by atoms with Crippen molar-refractivity contribution in [2.24, 2.45) is 0 Å². The molecule has 0 spiro atoms. The Labute approximate surface area is 232 Å². The average molecular weight is 531 g/mol. The highest BCUT2D eigenvalue weighted by Crippen LogP contribution is 2.50. The van der Waals surface area contributed by atoms with E-state index in [-0.39, 0.29) is 19.2 Å². The minimum Gasteiger partial charge on any atom is -0.489 e. The molecular formula is C34H42O5. The second-order valence-corrected chi connectivity index (χ2v) is 11.4. The maximum atomic E-state index is 13.1. The lowest BCUT2D eigenvalue weighted by molar-refractivity contribution is 0.0447. The van der Waals surface area contributed by atoms with Crippen molar-refractivity contribution >= 4 is 16.7 Å². The Hall–Kier alpha value is -2.89. The zero-order chi connectivity index (χ0) is 27.7. The minimum atomic E-state index is -0.712. The zero-order valence-corrected chi connectivity index (χ0v) is 23.8. The lowest BCUT2D eigenvalue weighted by Gasteiger charge is -2.37. The standard InChI is InChI=1S/C34H42O5/c1-5-20(2)24-16-17-27(26-13-7-6-12-25(24)26)34(37)39-19-18-38-33-30(21(3)35)28-14-8-10-23-11-9-15-29(32(23)28)31(33)22(4)36/h6-7,12-13,16-17,20-23,35-36H,5,8-11,14-15,18-19H2,1-4H3. The van der Waals surface area contributed by atoms with Crippen LogP contribution in [0.25, 0.3) is 10.8 Å². The molecular weight excluding hydrogens is 488 g/mol. The number of hydrogen-bond donors (Lipinski definition) is 2. The van der Waals surface area contributed by atoms with Crippen LogP contribution in [0.3, 0.4) is 0 Å². The van der Waals surface area contributed by atoms with Gasteiger partial charge in [-0.25, -0.2) is 4.79 Å². The van der Waals surface area contributed by atoms with Crippen molar-refractivity contribution in [2.75, 3.05) is 13.2 Å². The van der Waals surface area contributed by atoms with Gasteiger partial charge in [-0.1, -0.05) is 44.2 Å². The molecule has 0 saturated heterocycles. The molecule has 0 radical (unpaired) electrons. The third-order valence-corrected chi connectivity index (χ3v) is 8.88. The summed E-state index contributed by atoms with van der Waals surface area (Å²) in [5.41, 5.74) is 7.16. The molecule has 3 aromatic rings. The molecule has 2 aliphatic carbocycles. The van der Waals surface area contributed by atoms with E-state index in [4.69, 9.17) is 9.47 Å². The van der Waals surface area contributed by atoms with Crippen molar-refractivity contribution in [2.45, 2.75) is 96.7 Å². The number of esters is 1. The van der Waals surface area contributed by atoms with Gasteiger partial charge >= 0.3 is 5.97 Å². The van der Waals surface area contributed by atoms with E-state index in [9.17, 15) is 15.0 Å². The fourth-order valence-electron chi connectivity index (χ4n) is 6.95. The van der Waals surface area contributed by atoms with Gasteiger partial charge in [0, 0.05) is 11.1 Å². The Morgan fingerprint density at radius 1 is 0.897 bits per heavy atom. The molecule has 0 bridgehead atoms. The van der Waals surface area contributed by atoms with Gasteiger partial charge < -0.3 is 19.7 Å². The number of carbonyl (C=O) groups excluding carboxylic acids is 1. The molecule has 0 heterocycles. The first-order chi connectivity index (χ1) is 18.8. The summed E-state index contributed by atoms with van der Waals surface area (Å²) in [5.74, 6) is 1.11. The number of aliphatic hydroxyl groups excluding tert-OH is 2. The van der Waals surface area contributed by atoms with Gasteiger partial charge in [-0.15, -0.1) is 0 Å². The fraction of sp³-hybridized carbons (Fsp3) is 0.500. The van der Waals surface area contributed by atoms with Crippen LogP contribution in [0.1, 0.15) is 128 Å². The molecule has 5 heteroatoms. The summed E-state index contributed by atoms with van der Waals surface area (Å²) < 4.78 is 12.0. The molecule has 0 aliphatic heterocycles. The number of rotatable bonds is 9. The monoisotopic (exact) mass is 530 g/mol. The molecule has 5 nitrogen and oxygen atoms in total. The van der Waals surface area contributed by atoms with Gasteiger partial charge in [0.15, 0.2) is 0 Å². The van der Waals surface area contributed by atoms with Crippen LogP contribution in [0.5, 0.6) is 5.75 Å². The van der Waals surface area contributed by atoms with Crippen LogP contribution in [0.2, 0.25) is 0 Å². The van der Waals surface area contributed by atoms with Crippen molar-refractivity contribution in [1.82, 2.24) is 0 Å². The quantitative estimate of drug-likeness (QED) is 0.222. The van der Waals surface area contributed by atoms with Crippen molar-refractivity contribution in [3.05, 3.63) is 75.3 Å². The normalized spacial score (nSPS) is 18.8. The van der Waals surface area contributed by atoms with Crippen LogP contribution in [0.15, 0.2) is 36.4 Å². The van der Waals surface area contributed by atoms with Crippen molar-refractivity contribution in [3.8, 4) is 5.75 Å². The smallest absolute Gasteiger partial charge is 0.338 e. The van der Waals surface area contributed by atoms with Gasteiger partial charge in [-0.2, -0.15) is 0 Å². The molecule has 0 aromatic heterocycles. The molecule has 39 heavy (non-hydrogen) atoms. The Morgan fingerprint density at radius 2 is 1.51 bits per heavy atom. The first-order valence-electron chi connectivity index (χ1n) is 14.7. The zero-order valence-electron chi connectivity index (χ0n) is 23.8. The summed E-state index contributed by atoms with van der Waals surface area (Å²) in [6, 6.07) is 11.9. The predicted molar refractivity (Wildman–Crippen MR) is 155 cm³/mol. The van der Waals surface area contributed by atoms with E-state index in [1.165, 1.54) is 35.1 Å². The summed E-state index contributed by atoms with van der Waals surface area (Å²) in [4.78, 5) is 13.1. The van der Waals surface area contributed by atoms with Gasteiger partial charge in [0.25, 0.3) is 0 Å². The van der Waals surface area contributed by atoms with Crippen LogP contribution in [-0.4, -0.2) is 29.4 Å². The van der Waals surface area contributed by atoms with Crippen LogP contribution >= 0.6 is 0 Å². The van der Waals surface area contributed by atoms with E-state index in [1.54, 1.807) is 13.8 Å². The Balaban J connectivity index is 1.38. The highest BCUT2D eigenvalue weighted by molar-refractivity contribution is 6.05. The highest BCUT2D eigenvalue weighted by Gasteiger charge is 2.35. The second-order valence-electron chi connectivity index (χ2n) is 11.4. The summed E-state index contributed by atoms with van der Waals surface area (Å²) >= 11 is 0. The topological polar surface area (TPSA) is 76.0 Å². The molecule has 0 saturated carbocycles. The third kappa shape index (κ3) is 5.19. The Bertz CT molecular complexity index is 1310. The predicted octanol–water partition coefficient (Wildman–Crippen LogP) is 7.45. The van der Waals surface area contributed by atoms with Crippen LogP contribution in [0.4, 0.5) is 0 Å². The number of ether oxygens (including phenoxy) is 2. The van der Waals surface area contributed by atoms with E-state index in [1.807, 2.05) is 30.3 Å². The van der Waals surface area contributed by atoms with Gasteiger partial charge in [0.1, 0.15) is 19.0 Å². The van der Waals surface area contributed by atoms with E-state index >= 15 is 0 Å². The lowest BCUT2D eigenvalue weighted by Crippen LogP contribution is -2.24. The van der Waals surface area contributed by atoms with E-state index in [0.717, 1.165) is 54.0 Å². The molecule has 3 unspecified atom stereocenters. The summed E-state index contributed by atoms with van der Waals surface area (Å²) in [6.07, 6.45) is 5.99. The fourth-order valence-corrected chi connectivity index (χ4v) is 6.95. The number of fused-ring (bicyclic) bond motifs is 1. The van der Waals surface area contributed by atoms with Crippen molar-refractivity contribution < 1.29 is 24.5 Å². The molecule has 0 amide bonds. The molecule has 3 atom stereocenters. The summed E-state index contributed by atoms with van der Waals surface area (Å²) in [5, 5.41) is 23.7. The number of carbonyl (C=O) groups is 1. The highest BCUT2D eigenvalue weighted by atomic mass is 16.6. The van der Waals surface area contributed by atoms with Gasteiger partial charge in [-0.05, 0) is 110 Å². The molecule has 0 fully saturated rings. The Morgan fingerprint density at radius 3 is 2.10 bits per heavy atom. The van der Waals surface area contributed by atoms with Crippen molar-refractivity contribution in [3.63, 3.8) is 0 Å². The summed E-state index contributed by atoms with van der Waals surface area (Å²) in [6.45, 7) is 8.15. The van der Waals surface area contributed by atoms with E-state index in [2.05, 4.69) is 19.9 Å². The van der Waals surface area contributed by atoms with Gasteiger partial charge in [0.2, 0.25) is 0 Å². The molecule has 5 rings (SSSR count). The van der Waals surface area contributed by atoms with Gasteiger partial charge in [-0.3, -0.25) is 0 Å². The average Bonchev–Trinajstić information content (AvgIpc) is 2.94. The number of hydrogen-bond acceptors (Lipinski definition) is 5. The van der Waals surface area contributed by atoms with E-state index in [0.29, 0.717) is 23.1 Å². The van der Waals surface area contributed by atoms with Crippen LogP contribution in [-0.2, 0) is 17.6 Å². The number of benzene rings is 3.